The Bertz CT molecular complexity index is 1150. The van der Waals surface area contributed by atoms with E-state index >= 15 is 0 Å². The molecule has 0 spiro atoms. The highest BCUT2D eigenvalue weighted by Gasteiger charge is 2.24. The van der Waals surface area contributed by atoms with Gasteiger partial charge in [-0.05, 0) is 24.1 Å². The third-order valence-electron chi connectivity index (χ3n) is 5.69. The topological polar surface area (TPSA) is 72.1 Å². The van der Waals surface area contributed by atoms with E-state index in [1.165, 1.54) is 0 Å². The Morgan fingerprint density at radius 3 is 2.94 bits per heavy atom. The molecule has 0 saturated carbocycles. The molecule has 1 aliphatic heterocycles. The average molecular weight is 452 g/mol. The number of nitrogens with zero attached hydrogens (tertiary/aromatic N) is 4. The van der Waals surface area contributed by atoms with Crippen molar-refractivity contribution in [2.45, 2.75) is 31.7 Å². The van der Waals surface area contributed by atoms with Gasteiger partial charge in [0, 0.05) is 48.1 Å². The average Bonchev–Trinajstić information content (AvgIpc) is 3.53. The highest BCUT2D eigenvalue weighted by atomic mass is 32.2. The lowest BCUT2D eigenvalue weighted by atomic mass is 10.1. The summed E-state index contributed by atoms with van der Waals surface area (Å²) in [6.45, 7) is 9.00. The van der Waals surface area contributed by atoms with Crippen molar-refractivity contribution < 1.29 is 9.15 Å². The molecule has 1 fully saturated rings. The van der Waals surface area contributed by atoms with Gasteiger partial charge in [-0.3, -0.25) is 9.47 Å². The fourth-order valence-electron chi connectivity index (χ4n) is 4.28. The zero-order valence-electron chi connectivity index (χ0n) is 18.5. The Balaban J connectivity index is 1.39. The summed E-state index contributed by atoms with van der Waals surface area (Å²) in [6, 6.07) is 12.2. The molecule has 32 heavy (non-hydrogen) atoms. The van der Waals surface area contributed by atoms with Crippen molar-refractivity contribution >= 4 is 22.7 Å². The van der Waals surface area contributed by atoms with Crippen LogP contribution >= 0.6 is 11.8 Å². The van der Waals surface area contributed by atoms with Crippen molar-refractivity contribution in [3.05, 3.63) is 54.6 Å². The van der Waals surface area contributed by atoms with Gasteiger partial charge in [-0.15, -0.1) is 10.2 Å². The Kier molecular flexibility index (Phi) is 6.34. The van der Waals surface area contributed by atoms with Crippen LogP contribution in [0.2, 0.25) is 0 Å². The molecule has 7 nitrogen and oxygen atoms in total. The van der Waals surface area contributed by atoms with Gasteiger partial charge in [-0.1, -0.05) is 43.8 Å². The molecule has 1 saturated heterocycles. The second-order valence-corrected chi connectivity index (χ2v) is 9.66. The van der Waals surface area contributed by atoms with Crippen LogP contribution in [0, 0.1) is 5.92 Å². The number of rotatable bonds is 8. The van der Waals surface area contributed by atoms with E-state index in [0.29, 0.717) is 12.5 Å². The van der Waals surface area contributed by atoms with E-state index in [-0.39, 0.29) is 6.10 Å². The van der Waals surface area contributed by atoms with E-state index in [1.54, 1.807) is 18.0 Å². The zero-order valence-corrected chi connectivity index (χ0v) is 19.3. The van der Waals surface area contributed by atoms with E-state index in [0.717, 1.165) is 65.2 Å². The smallest absolute Gasteiger partial charge is 0.192 e. The molecule has 1 aliphatic rings. The van der Waals surface area contributed by atoms with E-state index < -0.39 is 0 Å². The number of H-pyrrole nitrogens is 1. The summed E-state index contributed by atoms with van der Waals surface area (Å²) in [4.78, 5) is 5.85. The number of hydrogen-bond acceptors (Lipinski definition) is 6. The molecule has 0 bridgehead atoms. The second-order valence-electron chi connectivity index (χ2n) is 8.68. The highest BCUT2D eigenvalue weighted by molar-refractivity contribution is 7.99. The summed E-state index contributed by atoms with van der Waals surface area (Å²) in [5.41, 5.74) is 2.13. The molecule has 3 aromatic heterocycles. The van der Waals surface area contributed by atoms with Crippen LogP contribution in [0.15, 0.2) is 58.4 Å². The van der Waals surface area contributed by atoms with Gasteiger partial charge in [-0.25, -0.2) is 0 Å². The molecule has 1 aromatic carbocycles. The van der Waals surface area contributed by atoms with Gasteiger partial charge in [0.05, 0.1) is 25.5 Å². The molecule has 0 unspecified atom stereocenters. The van der Waals surface area contributed by atoms with Crippen molar-refractivity contribution in [1.29, 1.82) is 0 Å². The zero-order chi connectivity index (χ0) is 21.9. The minimum absolute atomic E-state index is 0.192. The van der Waals surface area contributed by atoms with Gasteiger partial charge >= 0.3 is 0 Å². The lowest BCUT2D eigenvalue weighted by molar-refractivity contribution is -0.0191. The highest BCUT2D eigenvalue weighted by Crippen LogP contribution is 2.31. The Labute approximate surface area is 192 Å². The number of benzene rings is 1. The molecular formula is C24H29N5O2S. The van der Waals surface area contributed by atoms with Crippen LogP contribution in [0.25, 0.3) is 22.3 Å². The predicted octanol–water partition coefficient (Wildman–Crippen LogP) is 4.52. The monoisotopic (exact) mass is 451 g/mol. The first-order chi connectivity index (χ1) is 15.7. The van der Waals surface area contributed by atoms with E-state index in [1.807, 2.05) is 30.5 Å². The molecule has 5 rings (SSSR count). The molecule has 4 heterocycles. The third kappa shape index (κ3) is 4.62. The quantitative estimate of drug-likeness (QED) is 0.397. The molecule has 0 aliphatic carbocycles. The summed E-state index contributed by atoms with van der Waals surface area (Å²) < 4.78 is 13.8. The molecular weight excluding hydrogens is 422 g/mol. The summed E-state index contributed by atoms with van der Waals surface area (Å²) in [5.74, 6) is 3.23. The number of morpholine rings is 1. The van der Waals surface area contributed by atoms with Crippen molar-refractivity contribution in [2.75, 3.05) is 32.0 Å². The maximum absolute atomic E-state index is 6.05. The number of nitrogens with one attached hydrogen (secondary N) is 1. The van der Waals surface area contributed by atoms with Crippen LogP contribution in [-0.4, -0.2) is 62.7 Å². The van der Waals surface area contributed by atoms with Crippen LogP contribution < -0.4 is 0 Å². The Morgan fingerprint density at radius 2 is 2.09 bits per heavy atom. The molecule has 0 radical (unpaired) electrons. The van der Waals surface area contributed by atoms with Crippen LogP contribution in [0.3, 0.4) is 0 Å². The molecule has 1 atom stereocenters. The van der Waals surface area contributed by atoms with Crippen molar-refractivity contribution in [1.82, 2.24) is 24.6 Å². The Hall–Kier alpha value is -2.55. The minimum atomic E-state index is 0.192. The Morgan fingerprint density at radius 1 is 1.19 bits per heavy atom. The summed E-state index contributed by atoms with van der Waals surface area (Å²) in [5, 5.41) is 11.2. The van der Waals surface area contributed by atoms with Crippen LogP contribution in [-0.2, 0) is 11.3 Å². The summed E-state index contributed by atoms with van der Waals surface area (Å²) in [6.07, 6.45) is 3.91. The van der Waals surface area contributed by atoms with Gasteiger partial charge < -0.3 is 14.1 Å². The van der Waals surface area contributed by atoms with E-state index in [4.69, 9.17) is 9.15 Å². The number of thioether (sulfide) groups is 1. The normalized spacial score (nSPS) is 17.5. The van der Waals surface area contributed by atoms with Gasteiger partial charge in [0.2, 0.25) is 0 Å². The standard InChI is InChI=1S/C24H29N5O2S/c1-17(2)13-28-9-11-31-19(14-28)16-32-24-27-26-23(29(24)15-18-6-5-10-30-18)21-12-25-22-8-4-3-7-20(21)22/h3-8,10,12,17,19,25H,9,11,13-16H2,1-2H3/t19-/m1/s1. The number of aromatic amines is 1. The van der Waals surface area contributed by atoms with Crippen molar-refractivity contribution in [3.8, 4) is 11.4 Å². The van der Waals surface area contributed by atoms with Gasteiger partial charge in [0.15, 0.2) is 11.0 Å². The number of para-hydroxylation sites is 1. The fraction of sp³-hybridized carbons (Fsp3) is 0.417. The van der Waals surface area contributed by atoms with Gasteiger partial charge in [0.25, 0.3) is 0 Å². The van der Waals surface area contributed by atoms with E-state index in [9.17, 15) is 0 Å². The third-order valence-corrected chi connectivity index (χ3v) is 6.78. The van der Waals surface area contributed by atoms with Crippen LogP contribution in [0.4, 0.5) is 0 Å². The first kappa shape index (κ1) is 21.3. The number of fused-ring (bicyclic) bond motifs is 1. The molecule has 0 amide bonds. The number of ether oxygens (including phenoxy) is 1. The van der Waals surface area contributed by atoms with E-state index in [2.05, 4.69) is 50.6 Å². The van der Waals surface area contributed by atoms with Crippen molar-refractivity contribution in [3.63, 3.8) is 0 Å². The maximum atomic E-state index is 6.05. The summed E-state index contributed by atoms with van der Waals surface area (Å²) in [7, 11) is 0. The molecule has 1 N–H and O–H groups in total. The predicted molar refractivity (Wildman–Crippen MR) is 127 cm³/mol. The fourth-order valence-corrected chi connectivity index (χ4v) is 5.23. The molecule has 4 aromatic rings. The molecule has 168 valence electrons. The number of furan rings is 1. The lowest BCUT2D eigenvalue weighted by Gasteiger charge is -2.33. The summed E-state index contributed by atoms with van der Waals surface area (Å²) >= 11 is 1.71. The lowest BCUT2D eigenvalue weighted by Crippen LogP contribution is -2.44. The van der Waals surface area contributed by atoms with Crippen molar-refractivity contribution in [2.24, 2.45) is 5.92 Å². The van der Waals surface area contributed by atoms with Gasteiger partial charge in [-0.2, -0.15) is 0 Å². The first-order valence-corrected chi connectivity index (χ1v) is 12.1. The van der Waals surface area contributed by atoms with Crippen LogP contribution in [0.1, 0.15) is 19.6 Å². The minimum Gasteiger partial charge on any atom is -0.467 e. The van der Waals surface area contributed by atoms with Crippen LogP contribution in [0.5, 0.6) is 0 Å². The number of hydrogen-bond donors (Lipinski definition) is 1. The SMILES string of the molecule is CC(C)CN1CCO[C@@H](CSc2nnc(-c3c[nH]c4ccccc34)n2Cc2ccco2)C1. The first-order valence-electron chi connectivity index (χ1n) is 11.2. The largest absolute Gasteiger partial charge is 0.467 e. The number of aromatic nitrogens is 4. The molecule has 8 heteroatoms. The second kappa shape index (κ2) is 9.52. The maximum Gasteiger partial charge on any atom is 0.192 e. The van der Waals surface area contributed by atoms with Gasteiger partial charge in [0.1, 0.15) is 5.76 Å².